The summed E-state index contributed by atoms with van der Waals surface area (Å²) in [5.41, 5.74) is 0. The molecule has 3 nitrogen and oxygen atoms in total. The molecular weight excluding hydrogens is 152 g/mol. The van der Waals surface area contributed by atoms with E-state index in [0.29, 0.717) is 0 Å². The number of carbonyl (C=O) groups excluding carboxylic acids is 1. The fraction of sp³-hybridized carbons (Fsp3) is 0.833. The Morgan fingerprint density at radius 2 is 2.00 bits per heavy atom. The molecule has 0 rings (SSSR count). The van der Waals surface area contributed by atoms with Crippen LogP contribution in [0.3, 0.4) is 0 Å². The first-order chi connectivity index (χ1) is 4.13. The second kappa shape index (κ2) is 6.83. The Kier molecular flexibility index (Phi) is 8.48. The van der Waals surface area contributed by atoms with E-state index in [2.05, 4.69) is 5.32 Å². The molecule has 0 fully saturated rings. The van der Waals surface area contributed by atoms with E-state index in [1.165, 1.54) is 6.92 Å². The van der Waals surface area contributed by atoms with Gasteiger partial charge >= 0.3 is 0 Å². The molecule has 10 heavy (non-hydrogen) atoms. The zero-order valence-electron chi connectivity index (χ0n) is 6.68. The second-order valence-corrected chi connectivity index (χ2v) is 2.29. The van der Waals surface area contributed by atoms with Gasteiger partial charge in [-0.25, -0.2) is 0 Å². The Morgan fingerprint density at radius 3 is 2.30 bits per heavy atom. The summed E-state index contributed by atoms with van der Waals surface area (Å²) >= 11 is 0. The number of amides is 1. The molecule has 0 radical (unpaired) electrons. The molecule has 0 aliphatic heterocycles. The molecule has 0 unspecified atom stereocenters. The van der Waals surface area contributed by atoms with E-state index < -0.39 is 0 Å². The van der Waals surface area contributed by atoms with E-state index in [9.17, 15) is 4.79 Å². The summed E-state index contributed by atoms with van der Waals surface area (Å²) < 4.78 is 0. The Bertz CT molecular complexity index is 95.7. The largest absolute Gasteiger partial charge is 0.355 e. The van der Waals surface area contributed by atoms with E-state index in [4.69, 9.17) is 0 Å². The van der Waals surface area contributed by atoms with Crippen molar-refractivity contribution in [2.75, 3.05) is 27.2 Å². The van der Waals surface area contributed by atoms with Gasteiger partial charge in [0.1, 0.15) is 0 Å². The van der Waals surface area contributed by atoms with Crippen molar-refractivity contribution in [1.29, 1.82) is 0 Å². The SMILES string of the molecule is CC(=O)NCCN(C)C.Cl. The van der Waals surface area contributed by atoms with Gasteiger partial charge in [-0.2, -0.15) is 0 Å². The van der Waals surface area contributed by atoms with Crippen LogP contribution in [0.2, 0.25) is 0 Å². The smallest absolute Gasteiger partial charge is 0.216 e. The quantitative estimate of drug-likeness (QED) is 0.646. The molecule has 0 aliphatic rings. The van der Waals surface area contributed by atoms with Crippen LogP contribution in [0, 0.1) is 0 Å². The Morgan fingerprint density at radius 1 is 1.50 bits per heavy atom. The summed E-state index contributed by atoms with van der Waals surface area (Å²) in [4.78, 5) is 12.3. The maximum absolute atomic E-state index is 10.3. The number of hydrogen-bond donors (Lipinski definition) is 1. The van der Waals surface area contributed by atoms with Crippen LogP contribution in [0.15, 0.2) is 0 Å². The van der Waals surface area contributed by atoms with Gasteiger partial charge in [0.15, 0.2) is 0 Å². The van der Waals surface area contributed by atoms with Crippen molar-refractivity contribution in [2.24, 2.45) is 0 Å². The highest BCUT2D eigenvalue weighted by atomic mass is 35.5. The number of carbonyl (C=O) groups is 1. The van der Waals surface area contributed by atoms with Gasteiger partial charge in [0.05, 0.1) is 0 Å². The van der Waals surface area contributed by atoms with E-state index in [0.717, 1.165) is 13.1 Å². The average Bonchev–Trinajstić information content (AvgIpc) is 1.63. The number of nitrogens with one attached hydrogen (secondary N) is 1. The lowest BCUT2D eigenvalue weighted by Crippen LogP contribution is -2.29. The highest BCUT2D eigenvalue weighted by molar-refractivity contribution is 5.85. The van der Waals surface area contributed by atoms with Gasteiger partial charge in [-0.1, -0.05) is 0 Å². The third-order valence-corrected chi connectivity index (χ3v) is 0.933. The van der Waals surface area contributed by atoms with Crippen molar-refractivity contribution in [3.05, 3.63) is 0 Å². The predicted octanol–water partition coefficient (Wildman–Crippen LogP) is 0.106. The summed E-state index contributed by atoms with van der Waals surface area (Å²) in [6.45, 7) is 3.16. The van der Waals surface area contributed by atoms with E-state index in [1.54, 1.807) is 0 Å². The Balaban J connectivity index is 0. The number of rotatable bonds is 3. The van der Waals surface area contributed by atoms with Crippen LogP contribution in [-0.2, 0) is 4.79 Å². The minimum Gasteiger partial charge on any atom is -0.355 e. The van der Waals surface area contributed by atoms with Gasteiger partial charge in [0.2, 0.25) is 5.91 Å². The van der Waals surface area contributed by atoms with Crippen LogP contribution in [0.4, 0.5) is 0 Å². The van der Waals surface area contributed by atoms with Crippen molar-refractivity contribution in [3.63, 3.8) is 0 Å². The van der Waals surface area contributed by atoms with Crippen molar-refractivity contribution >= 4 is 18.3 Å². The molecule has 1 amide bonds. The zero-order valence-corrected chi connectivity index (χ0v) is 7.49. The molecule has 0 aromatic heterocycles. The normalized spacial score (nSPS) is 8.80. The zero-order chi connectivity index (χ0) is 7.28. The van der Waals surface area contributed by atoms with Gasteiger partial charge in [-0.05, 0) is 14.1 Å². The van der Waals surface area contributed by atoms with Gasteiger partial charge in [-0.3, -0.25) is 4.79 Å². The van der Waals surface area contributed by atoms with Crippen molar-refractivity contribution in [1.82, 2.24) is 10.2 Å². The van der Waals surface area contributed by atoms with E-state index in [1.807, 2.05) is 19.0 Å². The minimum absolute atomic E-state index is 0. The molecule has 1 N–H and O–H groups in total. The first-order valence-electron chi connectivity index (χ1n) is 3.02. The second-order valence-electron chi connectivity index (χ2n) is 2.29. The molecule has 62 valence electrons. The first-order valence-corrected chi connectivity index (χ1v) is 3.02. The standard InChI is InChI=1S/C6H14N2O.ClH/c1-6(9)7-4-5-8(2)3;/h4-5H2,1-3H3,(H,7,9);1H. The van der Waals surface area contributed by atoms with Gasteiger partial charge in [0, 0.05) is 20.0 Å². The van der Waals surface area contributed by atoms with Crippen LogP contribution in [-0.4, -0.2) is 38.0 Å². The van der Waals surface area contributed by atoms with Crippen molar-refractivity contribution < 1.29 is 4.79 Å². The highest BCUT2D eigenvalue weighted by Crippen LogP contribution is 1.69. The average molecular weight is 167 g/mol. The molecule has 0 heterocycles. The molecule has 0 atom stereocenters. The molecule has 0 aromatic rings. The third-order valence-electron chi connectivity index (χ3n) is 0.933. The molecule has 0 saturated carbocycles. The monoisotopic (exact) mass is 166 g/mol. The molecule has 0 saturated heterocycles. The summed E-state index contributed by atoms with van der Waals surface area (Å²) in [5.74, 6) is 0.0388. The minimum atomic E-state index is 0. The molecule has 0 aliphatic carbocycles. The fourth-order valence-corrected chi connectivity index (χ4v) is 0.456. The van der Waals surface area contributed by atoms with Gasteiger partial charge in [-0.15, -0.1) is 12.4 Å². The highest BCUT2D eigenvalue weighted by Gasteiger charge is 1.90. The molecule has 0 aromatic carbocycles. The lowest BCUT2D eigenvalue weighted by Gasteiger charge is -2.08. The summed E-state index contributed by atoms with van der Waals surface area (Å²) in [6.07, 6.45) is 0. The lowest BCUT2D eigenvalue weighted by atomic mass is 10.5. The topological polar surface area (TPSA) is 32.3 Å². The van der Waals surface area contributed by atoms with Gasteiger partial charge in [0.25, 0.3) is 0 Å². The van der Waals surface area contributed by atoms with Crippen LogP contribution in [0.1, 0.15) is 6.92 Å². The first kappa shape index (κ1) is 12.4. The van der Waals surface area contributed by atoms with E-state index in [-0.39, 0.29) is 18.3 Å². The van der Waals surface area contributed by atoms with Gasteiger partial charge < -0.3 is 10.2 Å². The van der Waals surface area contributed by atoms with Crippen molar-refractivity contribution in [2.45, 2.75) is 6.92 Å². The molecular formula is C6H15ClN2O. The van der Waals surface area contributed by atoms with E-state index >= 15 is 0 Å². The molecule has 0 spiro atoms. The third kappa shape index (κ3) is 10.7. The number of nitrogens with zero attached hydrogens (tertiary/aromatic N) is 1. The fourth-order valence-electron chi connectivity index (χ4n) is 0.456. The number of halogens is 1. The Labute approximate surface area is 68.2 Å². The predicted molar refractivity (Wildman–Crippen MR) is 44.5 cm³/mol. The number of likely N-dealkylation sites (N-methyl/N-ethyl adjacent to an activating group) is 1. The molecule has 0 bridgehead atoms. The van der Waals surface area contributed by atoms with Crippen LogP contribution in [0.25, 0.3) is 0 Å². The summed E-state index contributed by atoms with van der Waals surface area (Å²) in [7, 11) is 3.95. The maximum Gasteiger partial charge on any atom is 0.216 e. The number of hydrogen-bond acceptors (Lipinski definition) is 2. The van der Waals surface area contributed by atoms with Crippen LogP contribution < -0.4 is 5.32 Å². The van der Waals surface area contributed by atoms with Crippen molar-refractivity contribution in [3.8, 4) is 0 Å². The van der Waals surface area contributed by atoms with Crippen LogP contribution in [0.5, 0.6) is 0 Å². The summed E-state index contributed by atoms with van der Waals surface area (Å²) in [5, 5.41) is 2.70. The summed E-state index contributed by atoms with van der Waals surface area (Å²) in [6, 6.07) is 0. The van der Waals surface area contributed by atoms with Crippen LogP contribution >= 0.6 is 12.4 Å². The lowest BCUT2D eigenvalue weighted by molar-refractivity contribution is -0.118. The maximum atomic E-state index is 10.3. The Hall–Kier alpha value is -0.280. The molecule has 4 heteroatoms.